The van der Waals surface area contributed by atoms with Gasteiger partial charge in [0.1, 0.15) is 6.61 Å². The SMILES string of the molecule is CC(C)[C@]12CCCN1[C@H](COC(=O)N(C)C)CC2. The highest BCUT2D eigenvalue weighted by Gasteiger charge is 2.50. The van der Waals surface area contributed by atoms with Crippen molar-refractivity contribution in [2.75, 3.05) is 27.2 Å². The largest absolute Gasteiger partial charge is 0.448 e. The van der Waals surface area contributed by atoms with Gasteiger partial charge in [0.05, 0.1) is 0 Å². The summed E-state index contributed by atoms with van der Waals surface area (Å²) < 4.78 is 5.37. The number of fused-ring (bicyclic) bond motifs is 1. The fraction of sp³-hybridized carbons (Fsp3) is 0.929. The highest BCUT2D eigenvalue weighted by atomic mass is 16.6. The molecule has 0 aromatic rings. The first-order chi connectivity index (χ1) is 8.47. The molecule has 4 heteroatoms. The third-order valence-electron chi connectivity index (χ3n) is 4.77. The molecule has 2 aliphatic heterocycles. The third kappa shape index (κ3) is 2.22. The minimum Gasteiger partial charge on any atom is -0.448 e. The van der Waals surface area contributed by atoms with Crippen LogP contribution in [-0.2, 0) is 4.74 Å². The van der Waals surface area contributed by atoms with Gasteiger partial charge in [0.2, 0.25) is 0 Å². The molecule has 4 nitrogen and oxygen atoms in total. The molecule has 2 atom stereocenters. The molecular weight excluding hydrogens is 228 g/mol. The van der Waals surface area contributed by atoms with Crippen molar-refractivity contribution in [3.05, 3.63) is 0 Å². The lowest BCUT2D eigenvalue weighted by Gasteiger charge is -2.38. The Bertz CT molecular complexity index is 317. The van der Waals surface area contributed by atoms with Gasteiger partial charge in [0, 0.05) is 25.7 Å². The molecule has 0 aromatic carbocycles. The van der Waals surface area contributed by atoms with Crippen LogP contribution in [0.25, 0.3) is 0 Å². The minimum atomic E-state index is -0.226. The Kier molecular flexibility index (Phi) is 3.85. The Morgan fingerprint density at radius 2 is 2.17 bits per heavy atom. The van der Waals surface area contributed by atoms with Gasteiger partial charge in [0.15, 0.2) is 0 Å². The lowest BCUT2D eigenvalue weighted by atomic mass is 9.83. The molecule has 2 rings (SSSR count). The minimum absolute atomic E-state index is 0.226. The number of carbonyl (C=O) groups is 1. The molecule has 2 heterocycles. The molecule has 18 heavy (non-hydrogen) atoms. The molecule has 2 fully saturated rings. The summed E-state index contributed by atoms with van der Waals surface area (Å²) in [5.41, 5.74) is 0.384. The standard InChI is InChI=1S/C14H26N2O2/c1-11(2)14-7-5-9-16(14)12(6-8-14)10-18-13(17)15(3)4/h11-12H,5-10H2,1-4H3/t12-,14+/m0/s1. The summed E-state index contributed by atoms with van der Waals surface area (Å²) in [5.74, 6) is 0.689. The van der Waals surface area contributed by atoms with Gasteiger partial charge >= 0.3 is 6.09 Å². The zero-order valence-corrected chi connectivity index (χ0v) is 12.1. The van der Waals surface area contributed by atoms with Crippen molar-refractivity contribution in [3.63, 3.8) is 0 Å². The molecular formula is C14H26N2O2. The van der Waals surface area contributed by atoms with Crippen molar-refractivity contribution in [1.29, 1.82) is 0 Å². The number of rotatable bonds is 3. The fourth-order valence-electron chi connectivity index (χ4n) is 3.69. The van der Waals surface area contributed by atoms with Crippen LogP contribution in [0.2, 0.25) is 0 Å². The first kappa shape index (κ1) is 13.7. The maximum Gasteiger partial charge on any atom is 0.409 e. The van der Waals surface area contributed by atoms with Crippen molar-refractivity contribution >= 4 is 6.09 Å². The van der Waals surface area contributed by atoms with Crippen molar-refractivity contribution in [2.24, 2.45) is 5.92 Å². The zero-order valence-electron chi connectivity index (χ0n) is 12.1. The monoisotopic (exact) mass is 254 g/mol. The number of hydrogen-bond donors (Lipinski definition) is 0. The second kappa shape index (κ2) is 5.08. The molecule has 0 bridgehead atoms. The predicted molar refractivity (Wildman–Crippen MR) is 71.6 cm³/mol. The highest BCUT2D eigenvalue weighted by Crippen LogP contribution is 2.46. The van der Waals surface area contributed by atoms with Crippen LogP contribution < -0.4 is 0 Å². The van der Waals surface area contributed by atoms with Crippen LogP contribution in [0.4, 0.5) is 4.79 Å². The smallest absolute Gasteiger partial charge is 0.409 e. The van der Waals surface area contributed by atoms with Gasteiger partial charge in [-0.25, -0.2) is 4.79 Å². The van der Waals surface area contributed by atoms with Gasteiger partial charge < -0.3 is 9.64 Å². The van der Waals surface area contributed by atoms with Crippen LogP contribution in [0.15, 0.2) is 0 Å². The lowest BCUT2D eigenvalue weighted by molar-refractivity contribution is 0.0535. The van der Waals surface area contributed by atoms with Crippen molar-refractivity contribution < 1.29 is 9.53 Å². The van der Waals surface area contributed by atoms with E-state index in [2.05, 4.69) is 18.7 Å². The van der Waals surface area contributed by atoms with Crippen molar-refractivity contribution in [2.45, 2.75) is 51.1 Å². The molecule has 0 unspecified atom stereocenters. The van der Waals surface area contributed by atoms with Gasteiger partial charge in [-0.1, -0.05) is 13.8 Å². The van der Waals surface area contributed by atoms with Crippen LogP contribution in [0, 0.1) is 5.92 Å². The normalized spacial score (nSPS) is 31.7. The molecule has 104 valence electrons. The van der Waals surface area contributed by atoms with Crippen molar-refractivity contribution in [3.8, 4) is 0 Å². The molecule has 0 aliphatic carbocycles. The molecule has 2 aliphatic rings. The van der Waals surface area contributed by atoms with Crippen LogP contribution in [0.5, 0.6) is 0 Å². The van der Waals surface area contributed by atoms with E-state index in [9.17, 15) is 4.79 Å². The van der Waals surface area contributed by atoms with Crippen LogP contribution >= 0.6 is 0 Å². The maximum absolute atomic E-state index is 11.5. The van der Waals surface area contributed by atoms with E-state index in [1.165, 1.54) is 37.1 Å². The Labute approximate surface area is 110 Å². The Morgan fingerprint density at radius 3 is 2.78 bits per heavy atom. The molecule has 0 saturated carbocycles. The van der Waals surface area contributed by atoms with Crippen LogP contribution in [0.1, 0.15) is 39.5 Å². The van der Waals surface area contributed by atoms with Gasteiger partial charge in [-0.15, -0.1) is 0 Å². The van der Waals surface area contributed by atoms with E-state index in [1.807, 2.05) is 0 Å². The summed E-state index contributed by atoms with van der Waals surface area (Å²) in [7, 11) is 3.45. The average Bonchev–Trinajstić information content (AvgIpc) is 2.85. The van der Waals surface area contributed by atoms with E-state index in [0.29, 0.717) is 24.1 Å². The van der Waals surface area contributed by atoms with E-state index in [0.717, 1.165) is 0 Å². The predicted octanol–water partition coefficient (Wildman–Crippen LogP) is 2.34. The molecule has 0 radical (unpaired) electrons. The molecule has 0 N–H and O–H groups in total. The number of carbonyl (C=O) groups excluding carboxylic acids is 1. The Hall–Kier alpha value is -0.770. The quantitative estimate of drug-likeness (QED) is 0.775. The first-order valence-electron chi connectivity index (χ1n) is 7.08. The second-order valence-corrected chi connectivity index (χ2v) is 6.22. The number of ether oxygens (including phenoxy) is 1. The lowest BCUT2D eigenvalue weighted by Crippen LogP contribution is -2.47. The van der Waals surface area contributed by atoms with Gasteiger partial charge in [-0.05, 0) is 38.1 Å². The molecule has 2 saturated heterocycles. The van der Waals surface area contributed by atoms with E-state index in [4.69, 9.17) is 4.74 Å². The Balaban J connectivity index is 1.95. The van der Waals surface area contributed by atoms with Gasteiger partial charge in [-0.3, -0.25) is 4.90 Å². The fourth-order valence-corrected chi connectivity index (χ4v) is 3.69. The van der Waals surface area contributed by atoms with Gasteiger partial charge in [0.25, 0.3) is 0 Å². The second-order valence-electron chi connectivity index (χ2n) is 6.22. The van der Waals surface area contributed by atoms with E-state index >= 15 is 0 Å². The first-order valence-corrected chi connectivity index (χ1v) is 7.08. The maximum atomic E-state index is 11.5. The zero-order chi connectivity index (χ0) is 13.3. The summed E-state index contributed by atoms with van der Waals surface area (Å²) in [5, 5.41) is 0. The molecule has 0 spiro atoms. The third-order valence-corrected chi connectivity index (χ3v) is 4.77. The number of hydrogen-bond acceptors (Lipinski definition) is 3. The number of amides is 1. The Morgan fingerprint density at radius 1 is 1.44 bits per heavy atom. The molecule has 0 aromatic heterocycles. The van der Waals surface area contributed by atoms with Crippen molar-refractivity contribution in [1.82, 2.24) is 9.80 Å². The summed E-state index contributed by atoms with van der Waals surface area (Å²) in [6.07, 6.45) is 4.79. The van der Waals surface area contributed by atoms with Crippen LogP contribution in [-0.4, -0.2) is 54.7 Å². The van der Waals surface area contributed by atoms with Crippen LogP contribution in [0.3, 0.4) is 0 Å². The van der Waals surface area contributed by atoms with Gasteiger partial charge in [-0.2, -0.15) is 0 Å². The molecule has 1 amide bonds. The summed E-state index contributed by atoms with van der Waals surface area (Å²) in [4.78, 5) is 15.6. The van der Waals surface area contributed by atoms with E-state index < -0.39 is 0 Å². The average molecular weight is 254 g/mol. The van der Waals surface area contributed by atoms with E-state index in [-0.39, 0.29) is 6.09 Å². The summed E-state index contributed by atoms with van der Waals surface area (Å²) in [6.45, 7) is 6.37. The topological polar surface area (TPSA) is 32.8 Å². The highest BCUT2D eigenvalue weighted by molar-refractivity contribution is 5.66. The number of nitrogens with zero attached hydrogens (tertiary/aromatic N) is 2. The summed E-state index contributed by atoms with van der Waals surface area (Å²) >= 11 is 0. The van der Waals surface area contributed by atoms with E-state index in [1.54, 1.807) is 14.1 Å². The summed E-state index contributed by atoms with van der Waals surface area (Å²) in [6, 6.07) is 0.429.